The highest BCUT2D eigenvalue weighted by Gasteiger charge is 2.44. The van der Waals surface area contributed by atoms with Gasteiger partial charge < -0.3 is 25.8 Å². The predicted octanol–water partition coefficient (Wildman–Crippen LogP) is 0.104. The van der Waals surface area contributed by atoms with Gasteiger partial charge in [-0.2, -0.15) is 0 Å². The highest BCUT2D eigenvalue weighted by Crippen LogP contribution is 2.33. The first-order valence-electron chi connectivity index (χ1n) is 8.09. The van der Waals surface area contributed by atoms with Gasteiger partial charge in [0.15, 0.2) is 41.0 Å². The highest BCUT2D eigenvalue weighted by atomic mass is 19.2. The summed E-state index contributed by atoms with van der Waals surface area (Å²) < 4.78 is 47.0. The summed E-state index contributed by atoms with van der Waals surface area (Å²) in [4.78, 5) is 12.1. The smallest absolute Gasteiger partial charge is 0.194 e. The normalized spacial score (nSPS) is 24.9. The maximum Gasteiger partial charge on any atom is 0.194 e. The van der Waals surface area contributed by atoms with Gasteiger partial charge in [0.2, 0.25) is 0 Å². The molecule has 3 heterocycles. The summed E-state index contributed by atoms with van der Waals surface area (Å²) in [6, 6.07) is 1.43. The number of fused-ring (bicyclic) bond motifs is 1. The fourth-order valence-electron chi connectivity index (χ4n) is 3.05. The number of nitrogen functional groups attached to an aromatic ring is 1. The van der Waals surface area contributed by atoms with Crippen molar-refractivity contribution in [2.45, 2.75) is 24.5 Å². The Morgan fingerprint density at radius 3 is 2.39 bits per heavy atom. The molecule has 2 unspecified atom stereocenters. The zero-order chi connectivity index (χ0) is 20.2. The van der Waals surface area contributed by atoms with Crippen molar-refractivity contribution in [1.29, 1.82) is 0 Å². The minimum atomic E-state index is -1.63. The van der Waals surface area contributed by atoms with Crippen molar-refractivity contribution in [2.75, 3.05) is 12.3 Å². The molecule has 1 fully saturated rings. The number of anilines is 1. The second-order valence-corrected chi connectivity index (χ2v) is 6.24. The Bertz CT molecular complexity index is 1040. The molecule has 1 saturated heterocycles. The van der Waals surface area contributed by atoms with Crippen LogP contribution in [0.1, 0.15) is 6.23 Å². The summed E-state index contributed by atoms with van der Waals surface area (Å²) >= 11 is 0. The molecule has 0 spiro atoms. The molecule has 0 radical (unpaired) electrons. The van der Waals surface area contributed by atoms with Gasteiger partial charge in [-0.05, 0) is 12.1 Å². The molecular formula is C16H14F3N5O4. The first kappa shape index (κ1) is 18.6. The summed E-state index contributed by atoms with van der Waals surface area (Å²) in [5.74, 6) is -4.82. The van der Waals surface area contributed by atoms with Crippen molar-refractivity contribution in [2.24, 2.45) is 0 Å². The van der Waals surface area contributed by atoms with Gasteiger partial charge in [-0.3, -0.25) is 4.57 Å². The van der Waals surface area contributed by atoms with E-state index in [2.05, 4.69) is 15.0 Å². The number of ether oxygens (including phenoxy) is 1. The van der Waals surface area contributed by atoms with E-state index in [9.17, 15) is 28.5 Å². The van der Waals surface area contributed by atoms with E-state index >= 15 is 0 Å². The first-order valence-corrected chi connectivity index (χ1v) is 8.09. The number of aromatic nitrogens is 4. The Kier molecular flexibility index (Phi) is 4.42. The number of rotatable bonds is 3. The molecule has 0 saturated carbocycles. The number of aliphatic hydroxyl groups is 3. The third-order valence-corrected chi connectivity index (χ3v) is 4.48. The molecule has 0 amide bonds. The number of benzene rings is 1. The molecule has 1 aliphatic heterocycles. The van der Waals surface area contributed by atoms with Crippen LogP contribution in [0.5, 0.6) is 0 Å². The van der Waals surface area contributed by atoms with Gasteiger partial charge >= 0.3 is 0 Å². The molecule has 3 aromatic rings. The summed E-state index contributed by atoms with van der Waals surface area (Å²) in [7, 11) is 0. The minimum Gasteiger partial charge on any atom is -0.394 e. The van der Waals surface area contributed by atoms with Gasteiger partial charge in [0.05, 0.1) is 12.9 Å². The van der Waals surface area contributed by atoms with E-state index in [-0.39, 0.29) is 28.4 Å². The van der Waals surface area contributed by atoms with Gasteiger partial charge in [-0.1, -0.05) is 0 Å². The van der Waals surface area contributed by atoms with Crippen LogP contribution in [0.15, 0.2) is 18.5 Å². The summed E-state index contributed by atoms with van der Waals surface area (Å²) in [5.41, 5.74) is 5.84. The van der Waals surface area contributed by atoms with E-state index in [1.807, 2.05) is 0 Å². The van der Waals surface area contributed by atoms with Crippen LogP contribution in [0.25, 0.3) is 22.6 Å². The second-order valence-electron chi connectivity index (χ2n) is 6.24. The summed E-state index contributed by atoms with van der Waals surface area (Å²) in [6.07, 6.45) is -3.72. The Morgan fingerprint density at radius 1 is 1.11 bits per heavy atom. The standard InChI is InChI=1S/C16H14F3N5O4/c17-6-1-5(2-7(18)9(6)19)14-22-13(20)10-15(23-14)24(4-21-10)16-12(27)11(26)8(3-25)28-16/h1-2,4,8,11-12,16,25-27H,3H2,(H2,20,22,23)/t8?,11?,12-,16+/m0/s1. The summed E-state index contributed by atoms with van der Waals surface area (Å²) in [5, 5.41) is 29.4. The lowest BCUT2D eigenvalue weighted by atomic mass is 10.1. The zero-order valence-electron chi connectivity index (χ0n) is 14.0. The molecule has 5 N–H and O–H groups in total. The molecule has 12 heteroatoms. The fourth-order valence-corrected chi connectivity index (χ4v) is 3.05. The molecule has 0 bridgehead atoms. The van der Waals surface area contributed by atoms with Crippen LogP contribution in [-0.2, 0) is 4.74 Å². The Labute approximate surface area is 154 Å². The highest BCUT2D eigenvalue weighted by molar-refractivity contribution is 5.83. The van der Waals surface area contributed by atoms with Crippen LogP contribution in [0.4, 0.5) is 19.0 Å². The van der Waals surface area contributed by atoms with E-state index in [4.69, 9.17) is 10.5 Å². The molecule has 28 heavy (non-hydrogen) atoms. The Hall–Kier alpha value is -2.80. The number of halogens is 3. The average Bonchev–Trinajstić information content (AvgIpc) is 3.21. The van der Waals surface area contributed by atoms with Crippen molar-refractivity contribution < 1.29 is 33.2 Å². The third kappa shape index (κ3) is 2.77. The molecule has 1 aromatic carbocycles. The molecule has 2 aromatic heterocycles. The molecule has 1 aliphatic rings. The first-order chi connectivity index (χ1) is 13.3. The Morgan fingerprint density at radius 2 is 1.79 bits per heavy atom. The number of nitrogens with zero attached hydrogens (tertiary/aromatic N) is 4. The predicted molar refractivity (Wildman–Crippen MR) is 88.1 cm³/mol. The SMILES string of the molecule is Nc1nc(-c2cc(F)c(F)c(F)c2)nc2c1ncn2[C@@H]1OC(CO)C(O)[C@@H]1O. The third-order valence-electron chi connectivity index (χ3n) is 4.48. The quantitative estimate of drug-likeness (QED) is 0.457. The topological polar surface area (TPSA) is 140 Å². The lowest BCUT2D eigenvalue weighted by Gasteiger charge is -2.16. The number of aliphatic hydroxyl groups excluding tert-OH is 3. The van der Waals surface area contributed by atoms with Gasteiger partial charge in [-0.25, -0.2) is 28.1 Å². The maximum atomic E-state index is 13.6. The van der Waals surface area contributed by atoms with Crippen LogP contribution in [0.2, 0.25) is 0 Å². The van der Waals surface area contributed by atoms with Gasteiger partial charge in [0.1, 0.15) is 23.8 Å². The van der Waals surface area contributed by atoms with Crippen LogP contribution < -0.4 is 5.73 Å². The van der Waals surface area contributed by atoms with Gasteiger partial charge in [-0.15, -0.1) is 0 Å². The number of hydrogen-bond donors (Lipinski definition) is 4. The lowest BCUT2D eigenvalue weighted by Crippen LogP contribution is -2.33. The van der Waals surface area contributed by atoms with Crippen molar-refractivity contribution in [3.05, 3.63) is 35.9 Å². The van der Waals surface area contributed by atoms with E-state index in [0.29, 0.717) is 12.1 Å². The molecule has 4 rings (SSSR count). The van der Waals surface area contributed by atoms with Gasteiger partial charge in [0, 0.05) is 5.56 Å². The molecule has 4 atom stereocenters. The number of imidazole rings is 1. The van der Waals surface area contributed by atoms with E-state index in [0.717, 1.165) is 0 Å². The van der Waals surface area contributed by atoms with E-state index in [1.54, 1.807) is 0 Å². The maximum absolute atomic E-state index is 13.6. The van der Waals surface area contributed by atoms with Crippen LogP contribution in [0, 0.1) is 17.5 Å². The molecular weight excluding hydrogens is 383 g/mol. The summed E-state index contributed by atoms with van der Waals surface area (Å²) in [6.45, 7) is -0.530. The molecule has 0 aliphatic carbocycles. The second kappa shape index (κ2) is 6.67. The van der Waals surface area contributed by atoms with E-state index in [1.165, 1.54) is 10.9 Å². The van der Waals surface area contributed by atoms with Crippen molar-refractivity contribution in [3.63, 3.8) is 0 Å². The van der Waals surface area contributed by atoms with Crippen LogP contribution >= 0.6 is 0 Å². The van der Waals surface area contributed by atoms with Gasteiger partial charge in [0.25, 0.3) is 0 Å². The van der Waals surface area contributed by atoms with Crippen LogP contribution in [0.3, 0.4) is 0 Å². The Balaban J connectivity index is 1.84. The number of nitrogens with two attached hydrogens (primary N) is 1. The lowest BCUT2D eigenvalue weighted by molar-refractivity contribution is -0.0511. The fraction of sp³-hybridized carbons (Fsp3) is 0.312. The van der Waals surface area contributed by atoms with E-state index < -0.39 is 48.6 Å². The van der Waals surface area contributed by atoms with Crippen LogP contribution in [-0.4, -0.2) is 59.8 Å². The molecule has 9 nitrogen and oxygen atoms in total. The zero-order valence-corrected chi connectivity index (χ0v) is 14.0. The molecule has 148 valence electrons. The van der Waals surface area contributed by atoms with Crippen molar-refractivity contribution >= 4 is 17.0 Å². The van der Waals surface area contributed by atoms with Crippen molar-refractivity contribution in [1.82, 2.24) is 19.5 Å². The minimum absolute atomic E-state index is 0.0440. The average molecular weight is 397 g/mol. The monoisotopic (exact) mass is 397 g/mol. The van der Waals surface area contributed by atoms with Crippen molar-refractivity contribution in [3.8, 4) is 11.4 Å². The number of hydrogen-bond acceptors (Lipinski definition) is 8. The largest absolute Gasteiger partial charge is 0.394 e.